The molecule has 0 saturated carbocycles. The molecule has 1 N–H and O–H groups in total. The lowest BCUT2D eigenvalue weighted by Crippen LogP contribution is -2.35. The number of hydrogen-bond donors (Lipinski definition) is 1. The Morgan fingerprint density at radius 3 is 1.90 bits per heavy atom. The predicted octanol–water partition coefficient (Wildman–Crippen LogP) is 4.47. The van der Waals surface area contributed by atoms with Crippen molar-refractivity contribution in [2.24, 2.45) is 0 Å². The molecule has 1 atom stereocenters. The molecule has 0 heterocycles. The summed E-state index contributed by atoms with van der Waals surface area (Å²) in [5, 5.41) is 2.80. The molecule has 31 heavy (non-hydrogen) atoms. The monoisotopic (exact) mass is 417 g/mol. The number of carbonyl (C=O) groups is 2. The maximum Gasteiger partial charge on any atom is 0.307 e. The molecule has 160 valence electrons. The number of methoxy groups -OCH3 is 1. The highest BCUT2D eigenvalue weighted by molar-refractivity contribution is 5.83. The molecule has 0 unspecified atom stereocenters. The minimum Gasteiger partial charge on any atom is -0.497 e. The second kappa shape index (κ2) is 11.0. The van der Waals surface area contributed by atoms with Crippen LogP contribution in [0.3, 0.4) is 0 Å². The van der Waals surface area contributed by atoms with E-state index < -0.39 is 12.1 Å². The Morgan fingerprint density at radius 2 is 1.39 bits per heavy atom. The van der Waals surface area contributed by atoms with E-state index in [0.717, 1.165) is 22.4 Å². The minimum atomic E-state index is -0.877. The van der Waals surface area contributed by atoms with Gasteiger partial charge in [-0.05, 0) is 35.7 Å². The van der Waals surface area contributed by atoms with Gasteiger partial charge in [0.15, 0.2) is 6.10 Å². The number of rotatable bonds is 9. The third-order valence-electron chi connectivity index (χ3n) is 5.08. The molecule has 5 heteroatoms. The van der Waals surface area contributed by atoms with Gasteiger partial charge in [0.25, 0.3) is 5.91 Å². The van der Waals surface area contributed by atoms with E-state index in [4.69, 9.17) is 9.47 Å². The summed E-state index contributed by atoms with van der Waals surface area (Å²) in [6.45, 7) is 1.93. The molecule has 0 spiro atoms. The zero-order valence-electron chi connectivity index (χ0n) is 17.8. The van der Waals surface area contributed by atoms with Crippen molar-refractivity contribution in [3.63, 3.8) is 0 Å². The topological polar surface area (TPSA) is 64.6 Å². The molecule has 0 radical (unpaired) electrons. The van der Waals surface area contributed by atoms with Gasteiger partial charge in [-0.15, -0.1) is 0 Å². The van der Waals surface area contributed by atoms with Crippen molar-refractivity contribution in [1.29, 1.82) is 0 Å². The van der Waals surface area contributed by atoms with Crippen LogP contribution in [0.5, 0.6) is 5.75 Å². The lowest BCUT2D eigenvalue weighted by molar-refractivity contribution is -0.155. The second-order valence-corrected chi connectivity index (χ2v) is 7.28. The largest absolute Gasteiger partial charge is 0.497 e. The van der Waals surface area contributed by atoms with Gasteiger partial charge in [0.1, 0.15) is 5.75 Å². The molecule has 3 aromatic carbocycles. The summed E-state index contributed by atoms with van der Waals surface area (Å²) >= 11 is 0. The third-order valence-corrected chi connectivity index (χ3v) is 5.08. The highest BCUT2D eigenvalue weighted by Gasteiger charge is 2.23. The van der Waals surface area contributed by atoms with Crippen LogP contribution in [0.4, 0.5) is 0 Å². The summed E-state index contributed by atoms with van der Waals surface area (Å²) in [5.41, 5.74) is 2.99. The fraction of sp³-hybridized carbons (Fsp3) is 0.231. The Balaban J connectivity index is 1.57. The molecule has 0 aliphatic carbocycles. The molecule has 3 aromatic rings. The number of ether oxygens (including phenoxy) is 2. The number of hydrogen-bond acceptors (Lipinski definition) is 4. The van der Waals surface area contributed by atoms with Crippen LogP contribution in [0, 0.1) is 0 Å². The van der Waals surface area contributed by atoms with Gasteiger partial charge < -0.3 is 14.8 Å². The van der Waals surface area contributed by atoms with Crippen molar-refractivity contribution in [2.45, 2.75) is 31.9 Å². The van der Waals surface area contributed by atoms with E-state index in [-0.39, 0.29) is 18.2 Å². The average Bonchev–Trinajstić information content (AvgIpc) is 2.82. The van der Waals surface area contributed by atoms with Gasteiger partial charge in [-0.25, -0.2) is 0 Å². The molecule has 0 aliphatic heterocycles. The quantitative estimate of drug-likeness (QED) is 0.522. The Hall–Kier alpha value is -3.60. The Kier molecular flexibility index (Phi) is 7.82. The average molecular weight is 418 g/mol. The molecule has 1 amide bonds. The molecule has 5 nitrogen and oxygen atoms in total. The standard InChI is InChI=1S/C26H27NO4/c1-19(26(29)27-18-20-13-15-23(30-2)16-14-20)31-25(28)17-24(21-9-5-3-6-10-21)22-11-7-4-8-12-22/h3-16,19,24H,17-18H2,1-2H3,(H,27,29)/t19-/m1/s1. The van der Waals surface area contributed by atoms with Crippen LogP contribution in [0.2, 0.25) is 0 Å². The van der Waals surface area contributed by atoms with E-state index in [1.54, 1.807) is 14.0 Å². The normalized spacial score (nSPS) is 11.6. The van der Waals surface area contributed by atoms with Crippen LogP contribution in [0.1, 0.15) is 36.0 Å². The van der Waals surface area contributed by atoms with Crippen molar-refractivity contribution in [3.8, 4) is 5.75 Å². The summed E-state index contributed by atoms with van der Waals surface area (Å²) in [5.74, 6) is -0.127. The molecule has 0 aromatic heterocycles. The summed E-state index contributed by atoms with van der Waals surface area (Å²) in [7, 11) is 1.60. The van der Waals surface area contributed by atoms with Gasteiger partial charge in [0.05, 0.1) is 13.5 Å². The van der Waals surface area contributed by atoms with E-state index in [1.807, 2.05) is 84.9 Å². The fourth-order valence-corrected chi connectivity index (χ4v) is 3.34. The smallest absolute Gasteiger partial charge is 0.307 e. The van der Waals surface area contributed by atoms with Gasteiger partial charge >= 0.3 is 5.97 Å². The van der Waals surface area contributed by atoms with Crippen LogP contribution in [0.25, 0.3) is 0 Å². The van der Waals surface area contributed by atoms with Crippen LogP contribution in [0.15, 0.2) is 84.9 Å². The summed E-state index contributed by atoms with van der Waals surface area (Å²) < 4.78 is 10.6. The van der Waals surface area contributed by atoms with Crippen LogP contribution in [-0.4, -0.2) is 25.1 Å². The number of amides is 1. The van der Waals surface area contributed by atoms with E-state index in [9.17, 15) is 9.59 Å². The lowest BCUT2D eigenvalue weighted by Gasteiger charge is -2.19. The van der Waals surface area contributed by atoms with Gasteiger partial charge in [0, 0.05) is 12.5 Å². The summed E-state index contributed by atoms with van der Waals surface area (Å²) in [6, 6.07) is 27.1. The maximum absolute atomic E-state index is 12.6. The Morgan fingerprint density at radius 1 is 0.839 bits per heavy atom. The van der Waals surface area contributed by atoms with Gasteiger partial charge in [0.2, 0.25) is 0 Å². The number of carbonyl (C=O) groups excluding carboxylic acids is 2. The molecule has 0 bridgehead atoms. The number of esters is 1. The predicted molar refractivity (Wildman–Crippen MR) is 120 cm³/mol. The first-order valence-corrected chi connectivity index (χ1v) is 10.3. The molecular formula is C26H27NO4. The van der Waals surface area contributed by atoms with Crippen molar-refractivity contribution < 1.29 is 19.1 Å². The van der Waals surface area contributed by atoms with Crippen molar-refractivity contribution in [2.75, 3.05) is 7.11 Å². The molecule has 3 rings (SSSR count). The van der Waals surface area contributed by atoms with Crippen molar-refractivity contribution in [3.05, 3.63) is 102 Å². The zero-order valence-corrected chi connectivity index (χ0v) is 17.8. The molecule has 0 aliphatic rings. The molecule has 0 saturated heterocycles. The fourth-order valence-electron chi connectivity index (χ4n) is 3.34. The van der Waals surface area contributed by atoms with Gasteiger partial charge in [-0.2, -0.15) is 0 Å². The summed E-state index contributed by atoms with van der Waals surface area (Å²) in [4.78, 5) is 25.0. The first-order chi connectivity index (χ1) is 15.1. The molecule has 0 fully saturated rings. The maximum atomic E-state index is 12.6. The Bertz CT molecular complexity index is 932. The van der Waals surface area contributed by atoms with E-state index in [1.165, 1.54) is 0 Å². The third kappa shape index (κ3) is 6.44. The molecular weight excluding hydrogens is 390 g/mol. The highest BCUT2D eigenvalue weighted by atomic mass is 16.5. The summed E-state index contributed by atoms with van der Waals surface area (Å²) in [6.07, 6.45) is -0.720. The van der Waals surface area contributed by atoms with Crippen molar-refractivity contribution in [1.82, 2.24) is 5.32 Å². The number of nitrogens with one attached hydrogen (secondary N) is 1. The van der Waals surface area contributed by atoms with Crippen LogP contribution >= 0.6 is 0 Å². The van der Waals surface area contributed by atoms with E-state index >= 15 is 0 Å². The lowest BCUT2D eigenvalue weighted by atomic mass is 9.88. The minimum absolute atomic E-state index is 0.135. The second-order valence-electron chi connectivity index (χ2n) is 7.28. The van der Waals surface area contributed by atoms with Gasteiger partial charge in [-0.3, -0.25) is 9.59 Å². The highest BCUT2D eigenvalue weighted by Crippen LogP contribution is 2.28. The van der Waals surface area contributed by atoms with E-state index in [2.05, 4.69) is 5.32 Å². The van der Waals surface area contributed by atoms with Crippen LogP contribution < -0.4 is 10.1 Å². The van der Waals surface area contributed by atoms with E-state index in [0.29, 0.717) is 6.54 Å². The van der Waals surface area contributed by atoms with Gasteiger partial charge in [-0.1, -0.05) is 72.8 Å². The SMILES string of the molecule is COc1ccc(CNC(=O)[C@@H](C)OC(=O)CC(c2ccccc2)c2ccccc2)cc1. The Labute approximate surface area is 183 Å². The first-order valence-electron chi connectivity index (χ1n) is 10.3. The zero-order chi connectivity index (χ0) is 22.1. The number of benzene rings is 3. The first kappa shape index (κ1) is 22.1. The van der Waals surface area contributed by atoms with Crippen LogP contribution in [-0.2, 0) is 20.9 Å². The van der Waals surface area contributed by atoms with Crippen molar-refractivity contribution >= 4 is 11.9 Å².